The van der Waals surface area contributed by atoms with Gasteiger partial charge in [-0.3, -0.25) is 9.69 Å². The minimum absolute atomic E-state index is 0.346. The number of carboxylic acid groups (broad SMARTS) is 1. The predicted molar refractivity (Wildman–Crippen MR) is 81.7 cm³/mol. The Labute approximate surface area is 123 Å². The molecular formula is C17H19NO3. The zero-order valence-corrected chi connectivity index (χ0v) is 11.9. The van der Waals surface area contributed by atoms with Gasteiger partial charge in [-0.25, -0.2) is 0 Å². The molecule has 1 heterocycles. The van der Waals surface area contributed by atoms with E-state index in [1.807, 2.05) is 35.2 Å². The molecule has 110 valence electrons. The van der Waals surface area contributed by atoms with Crippen LogP contribution >= 0.6 is 0 Å². The molecule has 21 heavy (non-hydrogen) atoms. The molecular weight excluding hydrogens is 266 g/mol. The summed E-state index contributed by atoms with van der Waals surface area (Å²) in [6.07, 6.45) is 1.69. The van der Waals surface area contributed by atoms with Crippen LogP contribution in [0.15, 0.2) is 42.5 Å². The van der Waals surface area contributed by atoms with Crippen LogP contribution in [0.3, 0.4) is 0 Å². The lowest BCUT2D eigenvalue weighted by molar-refractivity contribution is -0.142. The van der Waals surface area contributed by atoms with Gasteiger partial charge in [-0.05, 0) is 30.8 Å². The van der Waals surface area contributed by atoms with Gasteiger partial charge in [0, 0.05) is 11.9 Å². The maximum atomic E-state index is 11.1. The van der Waals surface area contributed by atoms with Gasteiger partial charge < -0.3 is 9.84 Å². The van der Waals surface area contributed by atoms with E-state index >= 15 is 0 Å². The first-order chi connectivity index (χ1) is 10.3. The van der Waals surface area contributed by atoms with Crippen LogP contribution < -0.4 is 4.74 Å². The van der Waals surface area contributed by atoms with Crippen LogP contribution in [0.4, 0.5) is 0 Å². The zero-order chi connectivity index (χ0) is 14.7. The topological polar surface area (TPSA) is 49.8 Å². The second kappa shape index (κ2) is 6.14. The highest BCUT2D eigenvalue weighted by Crippen LogP contribution is 2.25. The molecule has 0 aliphatic carbocycles. The Morgan fingerprint density at radius 3 is 2.90 bits per heavy atom. The molecule has 2 aromatic carbocycles. The Bertz CT molecular complexity index is 635. The second-order valence-electron chi connectivity index (χ2n) is 5.36. The average molecular weight is 285 g/mol. The maximum Gasteiger partial charge on any atom is 0.320 e. The van der Waals surface area contributed by atoms with Gasteiger partial charge >= 0.3 is 5.97 Å². The fraction of sp³-hybridized carbons (Fsp3) is 0.353. The van der Waals surface area contributed by atoms with Crippen molar-refractivity contribution in [3.8, 4) is 5.75 Å². The van der Waals surface area contributed by atoms with Crippen molar-refractivity contribution < 1.29 is 14.6 Å². The first kappa shape index (κ1) is 13.9. The maximum absolute atomic E-state index is 11.1. The van der Waals surface area contributed by atoms with Crippen LogP contribution in [0.2, 0.25) is 0 Å². The molecule has 1 aliphatic heterocycles. The van der Waals surface area contributed by atoms with E-state index in [0.717, 1.165) is 35.9 Å². The Hall–Kier alpha value is -2.07. The first-order valence-corrected chi connectivity index (χ1v) is 7.33. The first-order valence-electron chi connectivity index (χ1n) is 7.33. The number of carboxylic acids is 1. The SMILES string of the molecule is O=C(O)[C@H]1CCCN1CCOc1cccc2ccccc12. The molecule has 1 atom stereocenters. The molecule has 0 radical (unpaired) electrons. The molecule has 1 N–H and O–H groups in total. The monoisotopic (exact) mass is 285 g/mol. The largest absolute Gasteiger partial charge is 0.492 e. The highest BCUT2D eigenvalue weighted by atomic mass is 16.5. The van der Waals surface area contributed by atoms with Crippen LogP contribution in [0.5, 0.6) is 5.75 Å². The predicted octanol–water partition coefficient (Wildman–Crippen LogP) is 2.77. The van der Waals surface area contributed by atoms with Crippen molar-refractivity contribution in [3.63, 3.8) is 0 Å². The normalized spacial score (nSPS) is 19.0. The van der Waals surface area contributed by atoms with E-state index in [9.17, 15) is 4.79 Å². The average Bonchev–Trinajstić information content (AvgIpc) is 2.96. The van der Waals surface area contributed by atoms with Crippen molar-refractivity contribution in [1.29, 1.82) is 0 Å². The summed E-state index contributed by atoms with van der Waals surface area (Å²) in [6.45, 7) is 2.01. The second-order valence-corrected chi connectivity index (χ2v) is 5.36. The number of nitrogens with zero attached hydrogens (tertiary/aromatic N) is 1. The van der Waals surface area contributed by atoms with Crippen molar-refractivity contribution in [2.45, 2.75) is 18.9 Å². The highest BCUT2D eigenvalue weighted by Gasteiger charge is 2.29. The van der Waals surface area contributed by atoms with Gasteiger partial charge in [0.15, 0.2) is 0 Å². The third-order valence-corrected chi connectivity index (χ3v) is 4.03. The summed E-state index contributed by atoms with van der Waals surface area (Å²) in [6, 6.07) is 13.8. The lowest BCUT2D eigenvalue weighted by atomic mass is 10.1. The number of hydrogen-bond acceptors (Lipinski definition) is 3. The van der Waals surface area contributed by atoms with E-state index in [1.165, 1.54) is 0 Å². The molecule has 2 aromatic rings. The van der Waals surface area contributed by atoms with E-state index < -0.39 is 5.97 Å². The molecule has 1 aliphatic rings. The molecule has 1 fully saturated rings. The lowest BCUT2D eigenvalue weighted by Crippen LogP contribution is -2.38. The third-order valence-electron chi connectivity index (χ3n) is 4.03. The van der Waals surface area contributed by atoms with Gasteiger partial charge in [0.05, 0.1) is 0 Å². The number of fused-ring (bicyclic) bond motifs is 1. The van der Waals surface area contributed by atoms with Crippen molar-refractivity contribution in [1.82, 2.24) is 4.90 Å². The molecule has 3 rings (SSSR count). The molecule has 4 heteroatoms. The van der Waals surface area contributed by atoms with Gasteiger partial charge in [0.1, 0.15) is 18.4 Å². The number of likely N-dealkylation sites (tertiary alicyclic amines) is 1. The van der Waals surface area contributed by atoms with E-state index in [-0.39, 0.29) is 6.04 Å². The molecule has 0 aromatic heterocycles. The molecule has 0 amide bonds. The van der Waals surface area contributed by atoms with Gasteiger partial charge in [-0.15, -0.1) is 0 Å². The summed E-state index contributed by atoms with van der Waals surface area (Å²) in [5.74, 6) is 0.136. The molecule has 0 saturated carbocycles. The number of rotatable bonds is 5. The summed E-state index contributed by atoms with van der Waals surface area (Å²) >= 11 is 0. The molecule has 0 unspecified atom stereocenters. The Balaban J connectivity index is 1.63. The van der Waals surface area contributed by atoms with E-state index in [1.54, 1.807) is 0 Å². The minimum Gasteiger partial charge on any atom is -0.492 e. The Morgan fingerprint density at radius 2 is 2.05 bits per heavy atom. The van der Waals surface area contributed by atoms with Crippen molar-refractivity contribution in [3.05, 3.63) is 42.5 Å². The zero-order valence-electron chi connectivity index (χ0n) is 11.9. The summed E-state index contributed by atoms with van der Waals surface area (Å²) in [4.78, 5) is 13.1. The van der Waals surface area contributed by atoms with Crippen LogP contribution in [-0.4, -0.2) is 41.7 Å². The molecule has 1 saturated heterocycles. The molecule has 0 spiro atoms. The standard InChI is InChI=1S/C17H19NO3/c19-17(20)15-8-4-10-18(15)11-12-21-16-9-3-6-13-5-1-2-7-14(13)16/h1-3,5-7,9,15H,4,8,10-12H2,(H,19,20)/t15-/m1/s1. The van der Waals surface area contributed by atoms with Gasteiger partial charge in [0.2, 0.25) is 0 Å². The van der Waals surface area contributed by atoms with Crippen LogP contribution in [-0.2, 0) is 4.79 Å². The number of ether oxygens (including phenoxy) is 1. The smallest absolute Gasteiger partial charge is 0.320 e. The van der Waals surface area contributed by atoms with Crippen LogP contribution in [0, 0.1) is 0 Å². The van der Waals surface area contributed by atoms with E-state index in [2.05, 4.69) is 12.1 Å². The summed E-state index contributed by atoms with van der Waals surface area (Å²) in [5.41, 5.74) is 0. The van der Waals surface area contributed by atoms with Crippen molar-refractivity contribution in [2.24, 2.45) is 0 Å². The van der Waals surface area contributed by atoms with E-state index in [4.69, 9.17) is 9.84 Å². The molecule has 4 nitrogen and oxygen atoms in total. The van der Waals surface area contributed by atoms with Gasteiger partial charge in [-0.1, -0.05) is 36.4 Å². The summed E-state index contributed by atoms with van der Waals surface area (Å²) in [5, 5.41) is 11.4. The molecule has 0 bridgehead atoms. The van der Waals surface area contributed by atoms with Gasteiger partial charge in [-0.2, -0.15) is 0 Å². The van der Waals surface area contributed by atoms with E-state index in [0.29, 0.717) is 13.2 Å². The third kappa shape index (κ3) is 3.00. The van der Waals surface area contributed by atoms with Gasteiger partial charge in [0.25, 0.3) is 0 Å². The summed E-state index contributed by atoms with van der Waals surface area (Å²) < 4.78 is 5.87. The van der Waals surface area contributed by atoms with Crippen LogP contribution in [0.25, 0.3) is 10.8 Å². The fourth-order valence-corrected chi connectivity index (χ4v) is 2.97. The number of hydrogen-bond donors (Lipinski definition) is 1. The number of aliphatic carboxylic acids is 1. The Morgan fingerprint density at radius 1 is 1.24 bits per heavy atom. The number of carbonyl (C=O) groups is 1. The van der Waals surface area contributed by atoms with Crippen molar-refractivity contribution in [2.75, 3.05) is 19.7 Å². The highest BCUT2D eigenvalue weighted by molar-refractivity contribution is 5.88. The summed E-state index contributed by atoms with van der Waals surface area (Å²) in [7, 11) is 0. The number of benzene rings is 2. The quantitative estimate of drug-likeness (QED) is 0.917. The fourth-order valence-electron chi connectivity index (χ4n) is 2.97. The Kier molecular flexibility index (Phi) is 4.06. The van der Waals surface area contributed by atoms with Crippen molar-refractivity contribution >= 4 is 16.7 Å². The lowest BCUT2D eigenvalue weighted by Gasteiger charge is -2.21. The van der Waals surface area contributed by atoms with Crippen LogP contribution in [0.1, 0.15) is 12.8 Å². The minimum atomic E-state index is -0.724.